The van der Waals surface area contributed by atoms with Gasteiger partial charge in [0.2, 0.25) is 29.9 Å². The van der Waals surface area contributed by atoms with Gasteiger partial charge in [0, 0.05) is 97.2 Å². The molecule has 0 saturated carbocycles. The highest BCUT2D eigenvalue weighted by atomic mass is 16.7. The van der Waals surface area contributed by atoms with Gasteiger partial charge >= 0.3 is 18.2 Å². The molecule has 2 aromatic rings. The summed E-state index contributed by atoms with van der Waals surface area (Å²) in [6.07, 6.45) is -4.09. The Kier molecular flexibility index (Phi) is 38.0. The number of esters is 1. The van der Waals surface area contributed by atoms with Gasteiger partial charge in [0.15, 0.2) is 11.9 Å². The summed E-state index contributed by atoms with van der Waals surface area (Å²) in [4.78, 5) is 133. The lowest BCUT2D eigenvalue weighted by molar-refractivity contribution is -0.243. The quantitative estimate of drug-likeness (QED) is 0.0207. The SMILES string of the molecule is CC[C@H](C)[C@@H]([C@@H](CC(=O)N1CCC[C@H]1[C@H](OC)[C@@H](C)C(=O)N[C@H](C)[C@@H](O)c1ccccc1)OC)N(C)C(=O)[C@@H](CC(=O)[C@H](C(C)C)N(C)C(=O)OCc1cc(NC(=O)CCC(=O)CCCOCCOCCOCCONC(=O)OC(C)(C)C)ccc1OC1OC(C)C(C)C(C)C1OC(C)=O)C(C)C. The molecule has 6 amide bonds. The maximum Gasteiger partial charge on any atom is 0.431 e. The summed E-state index contributed by atoms with van der Waals surface area (Å²) in [5, 5.41) is 16.8. The Hall–Kier alpha value is -6.85. The third kappa shape index (κ3) is 28.5. The summed E-state index contributed by atoms with van der Waals surface area (Å²) >= 11 is 0. The molecule has 0 aromatic heterocycles. The first-order valence-electron chi connectivity index (χ1n) is 36.5. The number of hydrogen-bond donors (Lipinski definition) is 4. The van der Waals surface area contributed by atoms with Gasteiger partial charge in [-0.3, -0.25) is 38.4 Å². The molecule has 2 saturated heterocycles. The van der Waals surface area contributed by atoms with Gasteiger partial charge in [-0.25, -0.2) is 9.59 Å². The van der Waals surface area contributed by atoms with E-state index in [1.165, 1.54) is 33.1 Å². The van der Waals surface area contributed by atoms with Gasteiger partial charge in [-0.15, -0.1) is 0 Å². The van der Waals surface area contributed by atoms with Crippen molar-refractivity contribution >= 4 is 59.0 Å². The fraction of sp³-hybridized carbons (Fsp3) is 0.724. The lowest BCUT2D eigenvalue weighted by Gasteiger charge is -2.42. The van der Waals surface area contributed by atoms with Crippen LogP contribution in [0.1, 0.15) is 179 Å². The summed E-state index contributed by atoms with van der Waals surface area (Å²) in [5.41, 5.74) is 2.79. The number of carbonyl (C=O) groups excluding carboxylic acids is 9. The molecule has 2 heterocycles. The molecule has 27 nitrogen and oxygen atoms in total. The number of ketones is 2. The first-order chi connectivity index (χ1) is 48.7. The Bertz CT molecular complexity index is 2990. The highest BCUT2D eigenvalue weighted by molar-refractivity contribution is 5.94. The number of likely N-dealkylation sites (tertiary alicyclic amines) is 1. The number of nitrogens with zero attached hydrogens (tertiary/aromatic N) is 3. The molecule has 27 heteroatoms. The number of aliphatic hydroxyl groups excluding tert-OH is 1. The van der Waals surface area contributed by atoms with E-state index >= 15 is 4.79 Å². The van der Waals surface area contributed by atoms with E-state index < -0.39 is 109 Å². The van der Waals surface area contributed by atoms with Crippen molar-refractivity contribution in [3.63, 3.8) is 0 Å². The molecule has 2 fully saturated rings. The number of Topliss-reactive ketones (excluding diaryl/α,β-unsaturated/α-hetero) is 2. The van der Waals surface area contributed by atoms with Crippen molar-refractivity contribution < 1.29 is 100 Å². The van der Waals surface area contributed by atoms with E-state index in [0.717, 1.165) is 0 Å². The molecule has 2 aliphatic heterocycles. The van der Waals surface area contributed by atoms with E-state index in [4.69, 9.17) is 52.2 Å². The molecule has 5 unspecified atom stereocenters. The summed E-state index contributed by atoms with van der Waals surface area (Å²) in [6.45, 7) is 29.0. The number of likely N-dealkylation sites (N-methyl/N-ethyl adjacent to an activating group) is 2. The number of rotatable bonds is 44. The highest BCUT2D eigenvalue weighted by Crippen LogP contribution is 2.37. The second-order valence-electron chi connectivity index (χ2n) is 29.0. The van der Waals surface area contributed by atoms with Gasteiger partial charge in [-0.1, -0.05) is 99.1 Å². The van der Waals surface area contributed by atoms with Crippen LogP contribution in [0, 0.1) is 41.4 Å². The van der Waals surface area contributed by atoms with E-state index in [0.29, 0.717) is 76.5 Å². The first kappa shape index (κ1) is 88.5. The van der Waals surface area contributed by atoms with Gasteiger partial charge in [-0.05, 0) is 101 Å². The summed E-state index contributed by atoms with van der Waals surface area (Å²) in [5.74, 6) is -4.91. The largest absolute Gasteiger partial charge is 0.460 e. The maximum absolute atomic E-state index is 15.1. The predicted octanol–water partition coefficient (Wildman–Crippen LogP) is 9.57. The molecule has 0 spiro atoms. The number of methoxy groups -OCH3 is 2. The van der Waals surface area contributed by atoms with Gasteiger partial charge in [-0.2, -0.15) is 5.48 Å². The lowest BCUT2D eigenvalue weighted by Crippen LogP contribution is -2.55. The predicted molar refractivity (Wildman–Crippen MR) is 385 cm³/mol. The van der Waals surface area contributed by atoms with E-state index in [9.17, 15) is 43.5 Å². The van der Waals surface area contributed by atoms with E-state index in [1.807, 2.05) is 66.7 Å². The molecule has 4 rings (SSSR count). The average molecular weight is 1460 g/mol. The van der Waals surface area contributed by atoms with Gasteiger partial charge in [0.1, 0.15) is 23.7 Å². The number of carbonyl (C=O) groups is 9. The van der Waals surface area contributed by atoms with Gasteiger partial charge < -0.3 is 77.8 Å². The maximum atomic E-state index is 15.1. The Morgan fingerprint density at radius 2 is 1.41 bits per heavy atom. The average Bonchev–Trinajstić information content (AvgIpc) is 1.70. The van der Waals surface area contributed by atoms with Crippen molar-refractivity contribution in [2.24, 2.45) is 41.4 Å². The van der Waals surface area contributed by atoms with Crippen LogP contribution in [0.5, 0.6) is 5.75 Å². The molecule has 2 aliphatic rings. The number of anilines is 1. The molecule has 0 radical (unpaired) electrons. The summed E-state index contributed by atoms with van der Waals surface area (Å²) < 4.78 is 58.3. The molecule has 2 aromatic carbocycles. The highest BCUT2D eigenvalue weighted by Gasteiger charge is 2.46. The van der Waals surface area contributed by atoms with Crippen LogP contribution in [0.4, 0.5) is 15.3 Å². The zero-order valence-electron chi connectivity index (χ0n) is 64.6. The number of hydroxylamine groups is 1. The molecule has 103 heavy (non-hydrogen) atoms. The van der Waals surface area contributed by atoms with Crippen molar-refractivity contribution in [3.8, 4) is 5.75 Å². The van der Waals surface area contributed by atoms with Gasteiger partial charge in [0.25, 0.3) is 0 Å². The molecular weight excluding hydrogens is 1330 g/mol. The number of benzene rings is 2. The van der Waals surface area contributed by atoms with Crippen molar-refractivity contribution in [2.45, 2.75) is 235 Å². The van der Waals surface area contributed by atoms with E-state index in [-0.39, 0.29) is 116 Å². The van der Waals surface area contributed by atoms with Crippen LogP contribution in [0.3, 0.4) is 0 Å². The zero-order chi connectivity index (χ0) is 76.8. The van der Waals surface area contributed by atoms with Crippen molar-refractivity contribution in [3.05, 3.63) is 59.7 Å². The smallest absolute Gasteiger partial charge is 0.431 e. The minimum atomic E-state index is -1.08. The molecule has 0 bridgehead atoms. The second kappa shape index (κ2) is 44.2. The molecule has 4 N–H and O–H groups in total. The minimum Gasteiger partial charge on any atom is -0.460 e. The van der Waals surface area contributed by atoms with Crippen LogP contribution in [0.15, 0.2) is 48.5 Å². The number of amides is 6. The molecular formula is C76H122N6O21. The fourth-order valence-corrected chi connectivity index (χ4v) is 13.1. The molecule has 582 valence electrons. The third-order valence-corrected chi connectivity index (χ3v) is 19.4. The molecule has 0 aliphatic carbocycles. The molecule has 15 atom stereocenters. The first-order valence-corrected chi connectivity index (χ1v) is 36.5. The lowest BCUT2D eigenvalue weighted by atomic mass is 9.83. The van der Waals surface area contributed by atoms with Crippen LogP contribution in [-0.2, 0) is 87.6 Å². The summed E-state index contributed by atoms with van der Waals surface area (Å²) in [6, 6.07) is 11.1. The van der Waals surface area contributed by atoms with Crippen LogP contribution in [0.25, 0.3) is 0 Å². The third-order valence-electron chi connectivity index (χ3n) is 19.4. The second-order valence-corrected chi connectivity index (χ2v) is 29.0. The number of aliphatic hydroxyl groups is 1. The van der Waals surface area contributed by atoms with Crippen LogP contribution in [-0.4, -0.2) is 215 Å². The van der Waals surface area contributed by atoms with Crippen LogP contribution in [0.2, 0.25) is 0 Å². The Balaban J connectivity index is 1.41. The van der Waals surface area contributed by atoms with Crippen LogP contribution < -0.4 is 20.9 Å². The fourth-order valence-electron chi connectivity index (χ4n) is 13.1. The Morgan fingerprint density at radius 3 is 2.00 bits per heavy atom. The number of hydrogen-bond acceptors (Lipinski definition) is 21. The normalized spacial score (nSPS) is 20.3. The van der Waals surface area contributed by atoms with Crippen molar-refractivity contribution in [1.82, 2.24) is 25.5 Å². The summed E-state index contributed by atoms with van der Waals surface area (Å²) in [7, 11) is 6.16. The van der Waals surface area contributed by atoms with Crippen molar-refractivity contribution in [2.75, 3.05) is 86.4 Å². The van der Waals surface area contributed by atoms with Gasteiger partial charge in [0.05, 0.1) is 101 Å². The van der Waals surface area contributed by atoms with Crippen molar-refractivity contribution in [1.29, 1.82) is 0 Å². The zero-order valence-corrected chi connectivity index (χ0v) is 64.6. The minimum absolute atomic E-state index is 0.0145. The topological polar surface area (TPSA) is 321 Å². The number of nitrogens with one attached hydrogen (secondary N) is 3. The van der Waals surface area contributed by atoms with E-state index in [2.05, 4.69) is 16.1 Å². The van der Waals surface area contributed by atoms with E-state index in [1.54, 1.807) is 95.6 Å². The standard InChI is InChI=1S/C76H122N6O21/c1-20-48(6)67(63(93-18)44-65(87)82-34-24-29-60(82)69(94-19)51(9)71(89)77-52(10)68(88)55-26-22-21-23-27-55)80(16)72(90)59(46(2)3)43-61(85)66(47(4)5)81(17)75(92)98-45-56-42-57(30-32-62(56)102-73-70(101-54(12)83)50(8)49(7)53(11)100-73)78-64(86)33-31-58(84)28-25-35-95-36-37-96-38-39-97-40-41-99-79-74(91)103-76(13,14)15/h21-23,26-27,30,32,42,46-53,59-60,63,66-70,73,88H,20,24-25,28-29,31,33-41,43-45H2,1-19H3,(H,77,89)(H,78,86)(H,79,91)/t48-,49?,50?,51+,52+,53?,59-,60-,63+,66-,67-,68+,69+,70?,73?/m0/s1. The number of ether oxygens (including phenoxy) is 10. The Morgan fingerprint density at radius 1 is 0.767 bits per heavy atom. The Labute approximate surface area is 610 Å². The monoisotopic (exact) mass is 1450 g/mol. The van der Waals surface area contributed by atoms with Crippen LogP contribution >= 0.6 is 0 Å².